The standard InChI is InChI=1S/C13H18BrNOS/c14-12-1-3-13(4-2-12)17-8-6-15-9-11-5-7-16-10-11/h1-4,11,15H,5-10H2. The normalized spacial score (nSPS) is 19.7. The van der Waals surface area contributed by atoms with Gasteiger partial charge in [0.05, 0.1) is 6.61 Å². The molecule has 94 valence electrons. The fraction of sp³-hybridized carbons (Fsp3) is 0.538. The van der Waals surface area contributed by atoms with Gasteiger partial charge in [0, 0.05) is 34.8 Å². The van der Waals surface area contributed by atoms with E-state index in [9.17, 15) is 0 Å². The zero-order chi connectivity index (χ0) is 11.9. The molecule has 2 nitrogen and oxygen atoms in total. The largest absolute Gasteiger partial charge is 0.381 e. The third kappa shape index (κ3) is 5.00. The van der Waals surface area contributed by atoms with Gasteiger partial charge < -0.3 is 10.1 Å². The molecule has 1 N–H and O–H groups in total. The fourth-order valence-corrected chi connectivity index (χ4v) is 2.90. The van der Waals surface area contributed by atoms with Crippen LogP contribution in [0.25, 0.3) is 0 Å². The summed E-state index contributed by atoms with van der Waals surface area (Å²) >= 11 is 5.34. The smallest absolute Gasteiger partial charge is 0.0507 e. The Hall–Kier alpha value is -0.0300. The molecule has 1 aliphatic heterocycles. The summed E-state index contributed by atoms with van der Waals surface area (Å²) in [6.45, 7) is 4.05. The van der Waals surface area contributed by atoms with E-state index >= 15 is 0 Å². The highest BCUT2D eigenvalue weighted by atomic mass is 79.9. The molecule has 0 amide bonds. The summed E-state index contributed by atoms with van der Waals surface area (Å²) in [5, 5.41) is 3.50. The second-order valence-corrected chi connectivity index (χ2v) is 6.32. The van der Waals surface area contributed by atoms with Crippen molar-refractivity contribution in [3.63, 3.8) is 0 Å². The summed E-state index contributed by atoms with van der Waals surface area (Å²) in [4.78, 5) is 1.33. The Morgan fingerprint density at radius 3 is 2.88 bits per heavy atom. The summed E-state index contributed by atoms with van der Waals surface area (Å²) in [5.41, 5.74) is 0. The molecule has 2 rings (SSSR count). The molecular weight excluding hydrogens is 298 g/mol. The van der Waals surface area contributed by atoms with E-state index in [1.165, 1.54) is 11.3 Å². The van der Waals surface area contributed by atoms with Crippen molar-refractivity contribution in [3.05, 3.63) is 28.7 Å². The molecule has 0 saturated carbocycles. The summed E-state index contributed by atoms with van der Waals surface area (Å²) < 4.78 is 6.48. The molecule has 1 aromatic carbocycles. The molecule has 1 aromatic rings. The lowest BCUT2D eigenvalue weighted by atomic mass is 10.1. The van der Waals surface area contributed by atoms with Gasteiger partial charge >= 0.3 is 0 Å². The van der Waals surface area contributed by atoms with Crippen molar-refractivity contribution in [2.45, 2.75) is 11.3 Å². The van der Waals surface area contributed by atoms with E-state index in [2.05, 4.69) is 45.5 Å². The first-order valence-corrected chi connectivity index (χ1v) is 7.79. The van der Waals surface area contributed by atoms with E-state index in [4.69, 9.17) is 4.74 Å². The highest BCUT2D eigenvalue weighted by Crippen LogP contribution is 2.20. The lowest BCUT2D eigenvalue weighted by molar-refractivity contribution is 0.185. The van der Waals surface area contributed by atoms with Crippen molar-refractivity contribution < 1.29 is 4.74 Å². The van der Waals surface area contributed by atoms with Gasteiger partial charge in [-0.25, -0.2) is 0 Å². The number of halogens is 1. The predicted molar refractivity (Wildman–Crippen MR) is 76.7 cm³/mol. The zero-order valence-electron chi connectivity index (χ0n) is 9.82. The van der Waals surface area contributed by atoms with Crippen LogP contribution in [-0.2, 0) is 4.74 Å². The van der Waals surface area contributed by atoms with Gasteiger partial charge in [0.25, 0.3) is 0 Å². The fourth-order valence-electron chi connectivity index (χ4n) is 1.82. The third-order valence-electron chi connectivity index (χ3n) is 2.82. The van der Waals surface area contributed by atoms with Crippen molar-refractivity contribution in [1.82, 2.24) is 5.32 Å². The van der Waals surface area contributed by atoms with Crippen LogP contribution < -0.4 is 5.32 Å². The van der Waals surface area contributed by atoms with Crippen LogP contribution >= 0.6 is 27.7 Å². The van der Waals surface area contributed by atoms with Crippen LogP contribution in [0.1, 0.15) is 6.42 Å². The highest BCUT2D eigenvalue weighted by molar-refractivity contribution is 9.10. The van der Waals surface area contributed by atoms with E-state index < -0.39 is 0 Å². The SMILES string of the molecule is Brc1ccc(SCCNCC2CCOC2)cc1. The van der Waals surface area contributed by atoms with Crippen molar-refractivity contribution in [1.29, 1.82) is 0 Å². The lowest BCUT2D eigenvalue weighted by Crippen LogP contribution is -2.25. The molecule has 0 aromatic heterocycles. The number of thioether (sulfide) groups is 1. The molecule has 1 atom stereocenters. The van der Waals surface area contributed by atoms with Crippen molar-refractivity contribution in [2.75, 3.05) is 32.1 Å². The monoisotopic (exact) mass is 315 g/mol. The molecule has 0 aliphatic carbocycles. The minimum absolute atomic E-state index is 0.729. The Bertz CT molecular complexity index is 325. The molecule has 1 unspecified atom stereocenters. The molecule has 1 saturated heterocycles. The van der Waals surface area contributed by atoms with Crippen molar-refractivity contribution >= 4 is 27.7 Å². The van der Waals surface area contributed by atoms with Gasteiger partial charge in [-0.3, -0.25) is 0 Å². The molecule has 1 heterocycles. The maximum atomic E-state index is 5.34. The summed E-state index contributed by atoms with van der Waals surface area (Å²) in [5.74, 6) is 1.85. The van der Waals surface area contributed by atoms with Crippen LogP contribution in [-0.4, -0.2) is 32.1 Å². The van der Waals surface area contributed by atoms with Crippen LogP contribution in [0, 0.1) is 5.92 Å². The van der Waals surface area contributed by atoms with Crippen LogP contribution in [0.2, 0.25) is 0 Å². The Morgan fingerprint density at radius 1 is 1.35 bits per heavy atom. The number of hydrogen-bond acceptors (Lipinski definition) is 3. The average Bonchev–Trinajstić information content (AvgIpc) is 2.84. The lowest BCUT2D eigenvalue weighted by Gasteiger charge is -2.08. The Morgan fingerprint density at radius 2 is 2.18 bits per heavy atom. The van der Waals surface area contributed by atoms with E-state index in [-0.39, 0.29) is 0 Å². The Labute approximate surface area is 116 Å². The maximum absolute atomic E-state index is 5.34. The summed E-state index contributed by atoms with van der Waals surface area (Å²) in [6, 6.07) is 8.48. The quantitative estimate of drug-likeness (QED) is 0.643. The Balaban J connectivity index is 1.55. The summed E-state index contributed by atoms with van der Waals surface area (Å²) in [6.07, 6.45) is 1.22. The predicted octanol–water partition coefficient (Wildman–Crippen LogP) is 3.17. The van der Waals surface area contributed by atoms with E-state index in [1.807, 2.05) is 11.8 Å². The maximum Gasteiger partial charge on any atom is 0.0507 e. The van der Waals surface area contributed by atoms with E-state index in [1.54, 1.807) is 0 Å². The summed E-state index contributed by atoms with van der Waals surface area (Å²) in [7, 11) is 0. The van der Waals surface area contributed by atoms with Gasteiger partial charge in [-0.1, -0.05) is 15.9 Å². The molecule has 0 spiro atoms. The van der Waals surface area contributed by atoms with Crippen LogP contribution in [0.5, 0.6) is 0 Å². The molecule has 0 radical (unpaired) electrons. The topological polar surface area (TPSA) is 21.3 Å². The van der Waals surface area contributed by atoms with E-state index in [0.29, 0.717) is 0 Å². The molecular formula is C13H18BrNOS. The number of benzene rings is 1. The van der Waals surface area contributed by atoms with Crippen LogP contribution in [0.3, 0.4) is 0 Å². The minimum atomic E-state index is 0.729. The van der Waals surface area contributed by atoms with Crippen LogP contribution in [0.15, 0.2) is 33.6 Å². The van der Waals surface area contributed by atoms with Crippen molar-refractivity contribution in [2.24, 2.45) is 5.92 Å². The average molecular weight is 316 g/mol. The number of rotatable bonds is 6. The third-order valence-corrected chi connectivity index (χ3v) is 4.36. The number of nitrogens with one attached hydrogen (secondary N) is 1. The molecule has 17 heavy (non-hydrogen) atoms. The van der Waals surface area contributed by atoms with E-state index in [0.717, 1.165) is 42.4 Å². The van der Waals surface area contributed by atoms with Gasteiger partial charge in [0.15, 0.2) is 0 Å². The molecule has 1 aliphatic rings. The number of ether oxygens (including phenoxy) is 1. The Kier molecular flexibility index (Phi) is 5.85. The first-order valence-electron chi connectivity index (χ1n) is 6.01. The molecule has 4 heteroatoms. The van der Waals surface area contributed by atoms with Gasteiger partial charge in [-0.05, 0) is 36.6 Å². The second kappa shape index (κ2) is 7.41. The van der Waals surface area contributed by atoms with Gasteiger partial charge in [-0.2, -0.15) is 0 Å². The van der Waals surface area contributed by atoms with Gasteiger partial charge in [0.1, 0.15) is 0 Å². The molecule has 1 fully saturated rings. The van der Waals surface area contributed by atoms with Crippen molar-refractivity contribution in [3.8, 4) is 0 Å². The number of hydrogen-bond donors (Lipinski definition) is 1. The van der Waals surface area contributed by atoms with Gasteiger partial charge in [-0.15, -0.1) is 11.8 Å². The zero-order valence-corrected chi connectivity index (χ0v) is 12.2. The molecule has 0 bridgehead atoms. The van der Waals surface area contributed by atoms with Gasteiger partial charge in [0.2, 0.25) is 0 Å². The van der Waals surface area contributed by atoms with Crippen LogP contribution in [0.4, 0.5) is 0 Å². The first-order chi connectivity index (χ1) is 8.34. The minimum Gasteiger partial charge on any atom is -0.381 e. The second-order valence-electron chi connectivity index (χ2n) is 4.24. The first kappa shape index (κ1) is 13.4. The highest BCUT2D eigenvalue weighted by Gasteiger charge is 2.14.